The van der Waals surface area contributed by atoms with Crippen molar-refractivity contribution in [1.29, 1.82) is 0 Å². The van der Waals surface area contributed by atoms with E-state index in [2.05, 4.69) is 38.9 Å². The van der Waals surface area contributed by atoms with Gasteiger partial charge in [-0.1, -0.05) is 0 Å². The molecule has 1 heterocycles. The molecule has 0 amide bonds. The van der Waals surface area contributed by atoms with Crippen molar-refractivity contribution in [3.63, 3.8) is 0 Å². The average molecular weight is 396 g/mol. The SMILES string of the molecule is BC(=O)OBn1c(=O)n(BOC(=O)BS)c(=O)n(BOC(=O)BS)c1=O. The van der Waals surface area contributed by atoms with Gasteiger partial charge >= 0.3 is 53.0 Å². The summed E-state index contributed by atoms with van der Waals surface area (Å²) >= 11 is 7.34. The maximum atomic E-state index is 12.3. The zero-order valence-corrected chi connectivity index (χ0v) is 15.2. The molecule has 0 atom stereocenters. The fourth-order valence-corrected chi connectivity index (χ4v) is 1.72. The second kappa shape index (κ2) is 10.2. The first-order chi connectivity index (χ1) is 12.2. The van der Waals surface area contributed by atoms with Gasteiger partial charge in [0, 0.05) is 0 Å². The van der Waals surface area contributed by atoms with Crippen LogP contribution in [0.25, 0.3) is 0 Å². The number of carbonyl (C=O) groups excluding carboxylic acids is 3. The van der Waals surface area contributed by atoms with Crippen LogP contribution in [0.4, 0.5) is 14.4 Å². The molecule has 12 nitrogen and oxygen atoms in total. The quantitative estimate of drug-likeness (QED) is 0.249. The summed E-state index contributed by atoms with van der Waals surface area (Å²) in [6, 6.07) is 0. The molecule has 0 saturated carbocycles. The third-order valence-corrected chi connectivity index (χ3v) is 3.27. The number of aromatic nitrogens is 3. The lowest BCUT2D eigenvalue weighted by atomic mass is 10.1. The molecule has 20 heteroatoms. The van der Waals surface area contributed by atoms with Crippen molar-refractivity contribution in [2.24, 2.45) is 0 Å². The van der Waals surface area contributed by atoms with Crippen molar-refractivity contribution in [2.45, 2.75) is 0 Å². The van der Waals surface area contributed by atoms with Gasteiger partial charge < -0.3 is 14.0 Å². The summed E-state index contributed by atoms with van der Waals surface area (Å²) in [5.74, 6) is -2.44. The fraction of sp³-hybridized carbons (Fsp3) is 0. The molecule has 0 bridgehead atoms. The second-order valence-electron chi connectivity index (χ2n) is 4.50. The highest BCUT2D eigenvalue weighted by Crippen LogP contribution is 1.82. The molecule has 26 heavy (non-hydrogen) atoms. The topological polar surface area (TPSA) is 145 Å². The first-order valence-electron chi connectivity index (χ1n) is 6.83. The Morgan fingerprint density at radius 1 is 0.731 bits per heavy atom. The van der Waals surface area contributed by atoms with Gasteiger partial charge in [-0.25, -0.2) is 39.3 Å². The van der Waals surface area contributed by atoms with Crippen molar-refractivity contribution in [3.05, 3.63) is 31.5 Å². The van der Waals surface area contributed by atoms with Crippen LogP contribution in [0.3, 0.4) is 0 Å². The molecule has 0 aliphatic heterocycles. The van der Waals surface area contributed by atoms with Gasteiger partial charge in [-0.3, -0.25) is 27.8 Å². The van der Waals surface area contributed by atoms with Crippen LogP contribution in [-0.4, -0.2) is 74.9 Å². The summed E-state index contributed by atoms with van der Waals surface area (Å²) in [6.45, 7) is -0.620. The van der Waals surface area contributed by atoms with E-state index in [1.807, 2.05) is 0 Å². The molecule has 0 saturated heterocycles. The Hall–Kier alpha value is -2.09. The molecule has 0 aliphatic rings. The standard InChI is InChI=1S/C6H9B6N3O9S2/c7-1(16)22-10-13-4(19)14(11-23-2(17)8-25)6(21)15(5(13)20)12-24-3(18)9-26/h8-12,25-26H,7H2. The summed E-state index contributed by atoms with van der Waals surface area (Å²) in [5.41, 5.74) is -3.58. The van der Waals surface area contributed by atoms with E-state index in [0.29, 0.717) is 13.4 Å². The predicted octanol–water partition coefficient (Wildman–Crippen LogP) is -5.88. The molecule has 0 N–H and O–H groups in total. The van der Waals surface area contributed by atoms with Gasteiger partial charge in [0.25, 0.3) is 0 Å². The first-order valence-corrected chi connectivity index (χ1v) is 8.10. The number of thiol groups is 2. The van der Waals surface area contributed by atoms with Crippen LogP contribution in [-0.2, 0) is 14.0 Å². The second-order valence-corrected chi connectivity index (χ2v) is 5.14. The maximum absolute atomic E-state index is 12.3. The summed E-state index contributed by atoms with van der Waals surface area (Å²) in [4.78, 5) is 70.1. The van der Waals surface area contributed by atoms with Crippen LogP contribution in [0.1, 0.15) is 0 Å². The molecule has 0 radical (unpaired) electrons. The minimum Gasteiger partial charge on any atom is -0.526 e. The lowest BCUT2D eigenvalue weighted by Crippen LogP contribution is -2.59. The van der Waals surface area contributed by atoms with Crippen LogP contribution in [0.5, 0.6) is 0 Å². The van der Waals surface area contributed by atoms with Crippen LogP contribution < -0.4 is 17.1 Å². The number of nitrogens with zero attached hydrogens (tertiary/aromatic N) is 3. The fourth-order valence-electron chi connectivity index (χ4n) is 1.53. The van der Waals surface area contributed by atoms with E-state index in [-0.39, 0.29) is 13.1 Å². The normalized spacial score (nSPS) is 9.46. The van der Waals surface area contributed by atoms with E-state index >= 15 is 0 Å². The third-order valence-electron chi connectivity index (χ3n) is 2.75. The maximum Gasteiger partial charge on any atom is 0.477 e. The number of hydrogen-bond donors (Lipinski definition) is 2. The molecule has 1 rings (SSSR count). The molecule has 0 aliphatic carbocycles. The average Bonchev–Trinajstić information content (AvgIpc) is 2.60. The highest BCUT2D eigenvalue weighted by Gasteiger charge is 2.21. The van der Waals surface area contributed by atoms with E-state index in [1.54, 1.807) is 0 Å². The Labute approximate surface area is 159 Å². The van der Waals surface area contributed by atoms with Crippen LogP contribution in [0.2, 0.25) is 0 Å². The molecule has 0 unspecified atom stereocenters. The summed E-state index contributed by atoms with van der Waals surface area (Å²) in [5, 5.41) is 0. The van der Waals surface area contributed by atoms with Crippen molar-refractivity contribution < 1.29 is 28.3 Å². The van der Waals surface area contributed by atoms with Gasteiger partial charge in [-0.2, -0.15) is 0 Å². The molecular weight excluding hydrogens is 387 g/mol. The Bertz CT molecular complexity index is 824. The van der Waals surface area contributed by atoms with Gasteiger partial charge in [-0.15, -0.1) is 0 Å². The molecule has 0 spiro atoms. The molecule has 1 aromatic rings. The van der Waals surface area contributed by atoms with E-state index in [4.69, 9.17) is 0 Å². The molecular formula is C6H9B6N3O9S2. The largest absolute Gasteiger partial charge is 0.526 e. The van der Waals surface area contributed by atoms with E-state index < -0.39 is 57.5 Å². The lowest BCUT2D eigenvalue weighted by Gasteiger charge is -2.12. The third kappa shape index (κ3) is 5.72. The predicted molar refractivity (Wildman–Crippen MR) is 107 cm³/mol. The van der Waals surface area contributed by atoms with Crippen molar-refractivity contribution in [1.82, 2.24) is 13.4 Å². The van der Waals surface area contributed by atoms with Gasteiger partial charge in [-0.05, 0) is 0 Å². The Morgan fingerprint density at radius 2 is 1.04 bits per heavy atom. The Kier molecular flexibility index (Phi) is 8.57. The molecule has 1 aromatic heterocycles. The summed E-state index contributed by atoms with van der Waals surface area (Å²) < 4.78 is 15.1. The smallest absolute Gasteiger partial charge is 0.477 e. The first kappa shape index (κ1) is 22.0. The van der Waals surface area contributed by atoms with Crippen LogP contribution >= 0.6 is 25.0 Å². The molecule has 0 aromatic carbocycles. The number of carbonyl (C=O) groups is 3. The number of hydrogen-bond acceptors (Lipinski definition) is 11. The van der Waals surface area contributed by atoms with Gasteiger partial charge in [0.1, 0.15) is 0 Å². The van der Waals surface area contributed by atoms with E-state index in [0.717, 1.165) is 7.85 Å². The molecule has 132 valence electrons. The molecule has 0 fully saturated rings. The van der Waals surface area contributed by atoms with Crippen molar-refractivity contribution >= 4 is 86.4 Å². The lowest BCUT2D eigenvalue weighted by molar-refractivity contribution is 0.226. The Morgan fingerprint density at radius 3 is 1.31 bits per heavy atom. The van der Waals surface area contributed by atoms with Crippen LogP contribution in [0, 0.1) is 0 Å². The monoisotopic (exact) mass is 397 g/mol. The zero-order chi connectivity index (χ0) is 19.9. The highest BCUT2D eigenvalue weighted by atomic mass is 32.1. The zero-order valence-electron chi connectivity index (χ0n) is 13.4. The van der Waals surface area contributed by atoms with Crippen molar-refractivity contribution in [3.8, 4) is 0 Å². The number of rotatable bonds is 8. The van der Waals surface area contributed by atoms with Gasteiger partial charge in [0.2, 0.25) is 25.5 Å². The van der Waals surface area contributed by atoms with Gasteiger partial charge in [0.15, 0.2) is 0 Å². The Balaban J connectivity index is 3.40. The minimum atomic E-state index is -1.20. The van der Waals surface area contributed by atoms with E-state index in [9.17, 15) is 28.8 Å². The summed E-state index contributed by atoms with van der Waals surface area (Å²) in [6.07, 6.45) is 0. The highest BCUT2D eigenvalue weighted by molar-refractivity contribution is 8.10. The van der Waals surface area contributed by atoms with Crippen molar-refractivity contribution in [2.75, 3.05) is 0 Å². The van der Waals surface area contributed by atoms with Crippen LogP contribution in [0.15, 0.2) is 14.4 Å². The minimum absolute atomic E-state index is 0.310. The van der Waals surface area contributed by atoms with Gasteiger partial charge in [0.05, 0.1) is 0 Å². The van der Waals surface area contributed by atoms with E-state index in [1.165, 1.54) is 0 Å². The summed E-state index contributed by atoms with van der Waals surface area (Å²) in [7, 11) is -1.40.